The smallest absolute Gasteiger partial charge is 0.357 e. The maximum Gasteiger partial charge on any atom is 0.357 e. The molecule has 0 radical (unpaired) electrons. The fourth-order valence-corrected chi connectivity index (χ4v) is 5.33. The van der Waals surface area contributed by atoms with Crippen LogP contribution < -0.4 is 5.32 Å². The highest BCUT2D eigenvalue weighted by Gasteiger charge is 2.41. The molecule has 0 bridgehead atoms. The van der Waals surface area contributed by atoms with Crippen LogP contribution in [0.15, 0.2) is 53.0 Å². The van der Waals surface area contributed by atoms with Gasteiger partial charge >= 0.3 is 7.60 Å². The standard InChI is InChI=1S/C20H25BrNO3P/c1-14(2)16-6-10-19(11-7-16)22-20(17-4-8-18(21)9-5-17)26(23)24-13-12-15(3)25-26/h4-11,14-15,20,22H,12-13H2,1-3H3/t15-,20-,26-/m0/s1. The van der Waals surface area contributed by atoms with Crippen LogP contribution in [-0.4, -0.2) is 12.7 Å². The van der Waals surface area contributed by atoms with Gasteiger partial charge in [-0.05, 0) is 54.7 Å². The summed E-state index contributed by atoms with van der Waals surface area (Å²) in [4.78, 5) is 0. The third kappa shape index (κ3) is 4.58. The monoisotopic (exact) mass is 437 g/mol. The second-order valence-electron chi connectivity index (χ2n) is 6.95. The molecule has 3 rings (SSSR count). The lowest BCUT2D eigenvalue weighted by Gasteiger charge is -2.34. The van der Waals surface area contributed by atoms with Crippen LogP contribution in [0, 0.1) is 0 Å². The van der Waals surface area contributed by atoms with E-state index in [9.17, 15) is 4.57 Å². The molecule has 0 spiro atoms. The van der Waals surface area contributed by atoms with Crippen molar-refractivity contribution in [3.63, 3.8) is 0 Å². The maximum atomic E-state index is 13.5. The molecular weight excluding hydrogens is 413 g/mol. The van der Waals surface area contributed by atoms with Crippen LogP contribution in [0.4, 0.5) is 5.69 Å². The zero-order valence-electron chi connectivity index (χ0n) is 15.3. The van der Waals surface area contributed by atoms with Crippen LogP contribution in [0.3, 0.4) is 0 Å². The van der Waals surface area contributed by atoms with Crippen molar-refractivity contribution in [1.82, 2.24) is 0 Å². The second kappa shape index (κ2) is 8.26. The van der Waals surface area contributed by atoms with Crippen LogP contribution in [0.1, 0.15) is 50.0 Å². The average molecular weight is 438 g/mol. The molecule has 3 atom stereocenters. The molecular formula is C20H25BrNO3P. The molecule has 1 aliphatic rings. The highest BCUT2D eigenvalue weighted by Crippen LogP contribution is 2.63. The average Bonchev–Trinajstić information content (AvgIpc) is 2.61. The van der Waals surface area contributed by atoms with Gasteiger partial charge in [-0.2, -0.15) is 0 Å². The van der Waals surface area contributed by atoms with E-state index >= 15 is 0 Å². The zero-order valence-corrected chi connectivity index (χ0v) is 17.8. The van der Waals surface area contributed by atoms with Gasteiger partial charge in [0, 0.05) is 10.2 Å². The van der Waals surface area contributed by atoms with E-state index in [1.165, 1.54) is 5.56 Å². The van der Waals surface area contributed by atoms with Gasteiger partial charge in [-0.3, -0.25) is 4.57 Å². The lowest BCUT2D eigenvalue weighted by atomic mass is 10.0. The van der Waals surface area contributed by atoms with Crippen molar-refractivity contribution in [2.75, 3.05) is 11.9 Å². The number of benzene rings is 2. The van der Waals surface area contributed by atoms with E-state index in [0.717, 1.165) is 22.1 Å². The summed E-state index contributed by atoms with van der Waals surface area (Å²) in [6.45, 7) is 6.71. The van der Waals surface area contributed by atoms with Crippen LogP contribution in [0.5, 0.6) is 0 Å². The minimum atomic E-state index is -3.34. The Morgan fingerprint density at radius 2 is 1.69 bits per heavy atom. The molecule has 2 aromatic carbocycles. The Hall–Kier alpha value is -1.13. The summed E-state index contributed by atoms with van der Waals surface area (Å²) < 4.78 is 26.0. The summed E-state index contributed by atoms with van der Waals surface area (Å²) in [5.74, 6) is -0.0845. The molecule has 4 nitrogen and oxygen atoms in total. The van der Waals surface area contributed by atoms with Gasteiger partial charge in [-0.1, -0.05) is 54.0 Å². The van der Waals surface area contributed by atoms with E-state index < -0.39 is 13.4 Å². The SMILES string of the molecule is CC(C)c1ccc(N[C@H](c2ccc(Br)cc2)[P@]2(=O)OCC[C@H](C)O2)cc1. The third-order valence-electron chi connectivity index (χ3n) is 4.51. The number of hydrogen-bond acceptors (Lipinski definition) is 4. The fourth-order valence-electron chi connectivity index (χ4n) is 2.93. The van der Waals surface area contributed by atoms with Crippen molar-refractivity contribution in [2.45, 2.75) is 45.0 Å². The number of hydrogen-bond donors (Lipinski definition) is 1. The van der Waals surface area contributed by atoms with E-state index in [2.05, 4.69) is 47.2 Å². The van der Waals surface area contributed by atoms with Gasteiger partial charge in [0.25, 0.3) is 0 Å². The van der Waals surface area contributed by atoms with Crippen molar-refractivity contribution >= 4 is 29.2 Å². The summed E-state index contributed by atoms with van der Waals surface area (Å²) in [7, 11) is -3.34. The molecule has 1 aliphatic heterocycles. The van der Waals surface area contributed by atoms with Crippen molar-refractivity contribution in [2.24, 2.45) is 0 Å². The van der Waals surface area contributed by atoms with Crippen molar-refractivity contribution in [1.29, 1.82) is 0 Å². The Balaban J connectivity index is 1.92. The Labute approximate surface area is 164 Å². The maximum absolute atomic E-state index is 13.5. The molecule has 1 heterocycles. The van der Waals surface area contributed by atoms with Gasteiger partial charge in [-0.25, -0.2) is 0 Å². The molecule has 0 saturated carbocycles. The fraction of sp³-hybridized carbons (Fsp3) is 0.400. The van der Waals surface area contributed by atoms with Gasteiger partial charge in [0.2, 0.25) is 0 Å². The van der Waals surface area contributed by atoms with E-state index in [0.29, 0.717) is 12.5 Å². The van der Waals surface area contributed by atoms with Crippen LogP contribution in [0.25, 0.3) is 0 Å². The summed E-state index contributed by atoms with van der Waals surface area (Å²) >= 11 is 3.45. The summed E-state index contributed by atoms with van der Waals surface area (Å²) in [5.41, 5.74) is 3.03. The highest BCUT2D eigenvalue weighted by atomic mass is 79.9. The Kier molecular flexibility index (Phi) is 6.24. The van der Waals surface area contributed by atoms with Crippen LogP contribution >= 0.6 is 23.5 Å². The van der Waals surface area contributed by atoms with Crippen molar-refractivity contribution in [3.8, 4) is 0 Å². The molecule has 1 N–H and O–H groups in total. The minimum Gasteiger partial charge on any atom is -0.368 e. The quantitative estimate of drug-likeness (QED) is 0.528. The van der Waals surface area contributed by atoms with Crippen LogP contribution in [0.2, 0.25) is 0 Å². The van der Waals surface area contributed by atoms with Gasteiger partial charge in [0.05, 0.1) is 12.7 Å². The molecule has 6 heteroatoms. The molecule has 2 aromatic rings. The number of anilines is 1. The lowest BCUT2D eigenvalue weighted by Crippen LogP contribution is -2.23. The highest BCUT2D eigenvalue weighted by molar-refractivity contribution is 9.10. The predicted molar refractivity (Wildman–Crippen MR) is 110 cm³/mol. The first-order valence-corrected chi connectivity index (χ1v) is 11.3. The first-order chi connectivity index (χ1) is 12.4. The van der Waals surface area contributed by atoms with E-state index in [-0.39, 0.29) is 6.10 Å². The summed E-state index contributed by atoms with van der Waals surface area (Å²) in [6.07, 6.45) is 0.665. The van der Waals surface area contributed by atoms with Gasteiger partial charge in [0.1, 0.15) is 0 Å². The molecule has 0 unspecified atom stereocenters. The van der Waals surface area contributed by atoms with E-state index in [4.69, 9.17) is 9.05 Å². The van der Waals surface area contributed by atoms with Crippen LogP contribution in [-0.2, 0) is 13.6 Å². The Morgan fingerprint density at radius 1 is 1.08 bits per heavy atom. The molecule has 0 aromatic heterocycles. The topological polar surface area (TPSA) is 47.6 Å². The first-order valence-electron chi connectivity index (χ1n) is 8.92. The normalized spacial score (nSPS) is 24.4. The molecule has 0 amide bonds. The largest absolute Gasteiger partial charge is 0.368 e. The zero-order chi connectivity index (χ0) is 18.7. The molecule has 26 heavy (non-hydrogen) atoms. The molecule has 1 saturated heterocycles. The van der Waals surface area contributed by atoms with E-state index in [1.807, 2.05) is 43.3 Å². The molecule has 1 fully saturated rings. The first kappa shape index (κ1) is 19.6. The van der Waals surface area contributed by atoms with Crippen molar-refractivity contribution in [3.05, 3.63) is 64.1 Å². The van der Waals surface area contributed by atoms with Gasteiger partial charge in [-0.15, -0.1) is 0 Å². The van der Waals surface area contributed by atoms with E-state index in [1.54, 1.807) is 0 Å². The van der Waals surface area contributed by atoms with Crippen molar-refractivity contribution < 1.29 is 13.6 Å². The minimum absolute atomic E-state index is 0.0855. The number of nitrogens with one attached hydrogen (secondary N) is 1. The Morgan fingerprint density at radius 3 is 2.27 bits per heavy atom. The number of rotatable bonds is 5. The van der Waals surface area contributed by atoms with Gasteiger partial charge < -0.3 is 14.4 Å². The third-order valence-corrected chi connectivity index (χ3v) is 7.29. The predicted octanol–water partition coefficient (Wildman–Crippen LogP) is 6.70. The summed E-state index contributed by atoms with van der Waals surface area (Å²) in [5, 5.41) is 3.38. The second-order valence-corrected chi connectivity index (χ2v) is 9.93. The lowest BCUT2D eigenvalue weighted by molar-refractivity contribution is 0.0887. The van der Waals surface area contributed by atoms with Gasteiger partial charge in [0.15, 0.2) is 5.78 Å². The summed E-state index contributed by atoms with van der Waals surface area (Å²) in [6, 6.07) is 16.0. The molecule has 140 valence electrons. The Bertz CT molecular complexity index is 777. The molecule has 0 aliphatic carbocycles. The number of halogens is 1.